The highest BCUT2D eigenvalue weighted by atomic mass is 16.2. The van der Waals surface area contributed by atoms with Crippen LogP contribution in [-0.2, 0) is 22.6 Å². The van der Waals surface area contributed by atoms with Crippen molar-refractivity contribution in [1.82, 2.24) is 15.1 Å². The van der Waals surface area contributed by atoms with E-state index in [9.17, 15) is 9.59 Å². The molecule has 2 amide bonds. The summed E-state index contributed by atoms with van der Waals surface area (Å²) in [6.07, 6.45) is 1.06. The van der Waals surface area contributed by atoms with Crippen LogP contribution in [0.15, 0.2) is 72.8 Å². The van der Waals surface area contributed by atoms with Crippen molar-refractivity contribution < 1.29 is 9.59 Å². The van der Waals surface area contributed by atoms with E-state index in [-0.39, 0.29) is 18.4 Å². The third-order valence-corrected chi connectivity index (χ3v) is 5.87. The van der Waals surface area contributed by atoms with Gasteiger partial charge in [0.2, 0.25) is 11.8 Å². The third kappa shape index (κ3) is 5.92. The number of rotatable bonds is 7. The van der Waals surface area contributed by atoms with Gasteiger partial charge in [-0.25, -0.2) is 0 Å². The number of aryl methyl sites for hydroxylation is 1. The molecule has 3 aromatic carbocycles. The van der Waals surface area contributed by atoms with Crippen LogP contribution in [-0.4, -0.2) is 54.3 Å². The van der Waals surface area contributed by atoms with E-state index in [0.717, 1.165) is 25.2 Å². The molecule has 1 aliphatic heterocycles. The van der Waals surface area contributed by atoms with Crippen molar-refractivity contribution in [3.05, 3.63) is 83.9 Å². The molecule has 0 atom stereocenters. The Kier molecular flexibility index (Phi) is 6.95. The van der Waals surface area contributed by atoms with E-state index in [1.54, 1.807) is 0 Å². The largest absolute Gasteiger partial charge is 0.347 e. The molecule has 0 aliphatic carbocycles. The first-order valence-corrected chi connectivity index (χ1v) is 11.0. The summed E-state index contributed by atoms with van der Waals surface area (Å²) in [7, 11) is 0. The Morgan fingerprint density at radius 2 is 1.48 bits per heavy atom. The summed E-state index contributed by atoms with van der Waals surface area (Å²) in [6, 6.07) is 24.9. The van der Waals surface area contributed by atoms with E-state index >= 15 is 0 Å². The van der Waals surface area contributed by atoms with Gasteiger partial charge in [-0.3, -0.25) is 14.5 Å². The van der Waals surface area contributed by atoms with Gasteiger partial charge in [0.05, 0.1) is 6.54 Å². The van der Waals surface area contributed by atoms with Crippen molar-refractivity contribution in [1.29, 1.82) is 0 Å². The Hall–Kier alpha value is -3.18. The molecule has 0 saturated carbocycles. The molecule has 1 heterocycles. The zero-order chi connectivity index (χ0) is 21.5. The maximum absolute atomic E-state index is 12.5. The molecule has 1 fully saturated rings. The predicted octanol–water partition coefficient (Wildman–Crippen LogP) is 3.23. The van der Waals surface area contributed by atoms with Gasteiger partial charge in [0.1, 0.15) is 0 Å². The molecule has 0 radical (unpaired) electrons. The quantitative estimate of drug-likeness (QED) is 0.645. The minimum atomic E-state index is -0.0794. The lowest BCUT2D eigenvalue weighted by molar-refractivity contribution is -0.134. The van der Waals surface area contributed by atoms with E-state index < -0.39 is 0 Å². The first-order chi connectivity index (χ1) is 15.2. The summed E-state index contributed by atoms with van der Waals surface area (Å²) in [5.74, 6) is -0.0809. The standard InChI is InChI=1S/C26H29N3O2/c30-25(13-11-21-10-12-23-8-4-5-9-24(23)18-21)27-19-26(31)29-16-14-28(15-17-29)20-22-6-2-1-3-7-22/h1-10,12,18H,11,13-17,19-20H2,(H,27,30). The average Bonchev–Trinajstić information content (AvgIpc) is 2.82. The van der Waals surface area contributed by atoms with Crippen molar-refractivity contribution in [3.8, 4) is 0 Å². The van der Waals surface area contributed by atoms with Crippen LogP contribution in [0.1, 0.15) is 17.5 Å². The molecular formula is C26H29N3O2. The van der Waals surface area contributed by atoms with Gasteiger partial charge < -0.3 is 10.2 Å². The summed E-state index contributed by atoms with van der Waals surface area (Å²) in [5.41, 5.74) is 2.43. The molecule has 1 saturated heterocycles. The number of nitrogens with zero attached hydrogens (tertiary/aromatic N) is 2. The van der Waals surface area contributed by atoms with Crippen LogP contribution >= 0.6 is 0 Å². The van der Waals surface area contributed by atoms with E-state index in [1.807, 2.05) is 23.1 Å². The minimum Gasteiger partial charge on any atom is -0.347 e. The van der Waals surface area contributed by atoms with Gasteiger partial charge in [0.25, 0.3) is 0 Å². The molecule has 5 heteroatoms. The molecule has 4 rings (SSSR count). The molecule has 5 nitrogen and oxygen atoms in total. The molecule has 0 unspecified atom stereocenters. The highest BCUT2D eigenvalue weighted by molar-refractivity contribution is 5.85. The van der Waals surface area contributed by atoms with E-state index in [2.05, 4.69) is 64.8 Å². The van der Waals surface area contributed by atoms with Gasteiger partial charge in [-0.1, -0.05) is 72.8 Å². The fourth-order valence-electron chi connectivity index (χ4n) is 4.02. The molecular weight excluding hydrogens is 386 g/mol. The smallest absolute Gasteiger partial charge is 0.242 e. The maximum Gasteiger partial charge on any atom is 0.242 e. The number of fused-ring (bicyclic) bond motifs is 1. The summed E-state index contributed by atoms with van der Waals surface area (Å²) in [6.45, 7) is 4.12. The van der Waals surface area contributed by atoms with Crippen LogP contribution in [0.3, 0.4) is 0 Å². The average molecular weight is 416 g/mol. The lowest BCUT2D eigenvalue weighted by Crippen LogP contribution is -2.50. The van der Waals surface area contributed by atoms with Crippen molar-refractivity contribution in [2.75, 3.05) is 32.7 Å². The van der Waals surface area contributed by atoms with Crippen LogP contribution in [0.2, 0.25) is 0 Å². The zero-order valence-corrected chi connectivity index (χ0v) is 17.8. The van der Waals surface area contributed by atoms with Crippen molar-refractivity contribution in [3.63, 3.8) is 0 Å². The molecule has 0 aromatic heterocycles. The Morgan fingerprint density at radius 3 is 2.26 bits per heavy atom. The van der Waals surface area contributed by atoms with Gasteiger partial charge in [0, 0.05) is 39.1 Å². The monoisotopic (exact) mass is 415 g/mol. The number of nitrogens with one attached hydrogen (secondary N) is 1. The number of hydrogen-bond donors (Lipinski definition) is 1. The summed E-state index contributed by atoms with van der Waals surface area (Å²) < 4.78 is 0. The number of carbonyl (C=O) groups is 2. The molecule has 31 heavy (non-hydrogen) atoms. The van der Waals surface area contributed by atoms with Crippen LogP contribution in [0.4, 0.5) is 0 Å². The molecule has 3 aromatic rings. The second-order valence-corrected chi connectivity index (χ2v) is 8.10. The van der Waals surface area contributed by atoms with E-state index in [4.69, 9.17) is 0 Å². The molecule has 1 aliphatic rings. The molecule has 1 N–H and O–H groups in total. The Bertz CT molecular complexity index is 1030. The van der Waals surface area contributed by atoms with Crippen LogP contribution in [0.25, 0.3) is 10.8 Å². The van der Waals surface area contributed by atoms with Crippen LogP contribution < -0.4 is 5.32 Å². The highest BCUT2D eigenvalue weighted by Crippen LogP contribution is 2.16. The van der Waals surface area contributed by atoms with E-state index in [0.29, 0.717) is 25.9 Å². The Balaban J connectivity index is 1.17. The Labute approximate surface area is 183 Å². The number of hydrogen-bond acceptors (Lipinski definition) is 3. The van der Waals surface area contributed by atoms with Crippen LogP contribution in [0.5, 0.6) is 0 Å². The number of carbonyl (C=O) groups excluding carboxylic acids is 2. The lowest BCUT2D eigenvalue weighted by atomic mass is 10.0. The SMILES string of the molecule is O=C(CCc1ccc2ccccc2c1)NCC(=O)N1CCN(Cc2ccccc2)CC1. The number of amides is 2. The fraction of sp³-hybridized carbons (Fsp3) is 0.308. The number of benzene rings is 3. The van der Waals surface area contributed by atoms with Crippen LogP contribution in [0, 0.1) is 0 Å². The first kappa shape index (κ1) is 21.1. The second-order valence-electron chi connectivity index (χ2n) is 8.10. The summed E-state index contributed by atoms with van der Waals surface area (Å²) in [5, 5.41) is 5.18. The third-order valence-electron chi connectivity index (χ3n) is 5.87. The van der Waals surface area contributed by atoms with Crippen molar-refractivity contribution in [2.24, 2.45) is 0 Å². The molecule has 0 bridgehead atoms. The predicted molar refractivity (Wildman–Crippen MR) is 124 cm³/mol. The zero-order valence-electron chi connectivity index (χ0n) is 17.8. The normalized spacial score (nSPS) is 14.5. The molecule has 0 spiro atoms. The van der Waals surface area contributed by atoms with Crippen molar-refractivity contribution in [2.45, 2.75) is 19.4 Å². The minimum absolute atomic E-state index is 0.00147. The van der Waals surface area contributed by atoms with Gasteiger partial charge in [-0.2, -0.15) is 0 Å². The van der Waals surface area contributed by atoms with Gasteiger partial charge in [-0.15, -0.1) is 0 Å². The summed E-state index contributed by atoms with van der Waals surface area (Å²) in [4.78, 5) is 28.9. The topological polar surface area (TPSA) is 52.7 Å². The first-order valence-electron chi connectivity index (χ1n) is 11.0. The second kappa shape index (κ2) is 10.2. The van der Waals surface area contributed by atoms with Gasteiger partial charge in [-0.05, 0) is 28.3 Å². The summed E-state index contributed by atoms with van der Waals surface area (Å²) >= 11 is 0. The molecule has 160 valence electrons. The maximum atomic E-state index is 12.5. The van der Waals surface area contributed by atoms with Crippen molar-refractivity contribution >= 4 is 22.6 Å². The van der Waals surface area contributed by atoms with Gasteiger partial charge in [0.15, 0.2) is 0 Å². The number of piperazine rings is 1. The van der Waals surface area contributed by atoms with Gasteiger partial charge >= 0.3 is 0 Å². The lowest BCUT2D eigenvalue weighted by Gasteiger charge is -2.34. The fourth-order valence-corrected chi connectivity index (χ4v) is 4.02. The Morgan fingerprint density at radius 1 is 0.774 bits per heavy atom. The highest BCUT2D eigenvalue weighted by Gasteiger charge is 2.21. The van der Waals surface area contributed by atoms with E-state index in [1.165, 1.54) is 16.3 Å².